The number of aliphatic hydroxyl groups is 2. The van der Waals surface area contributed by atoms with Crippen molar-refractivity contribution in [2.75, 3.05) is 0 Å². The van der Waals surface area contributed by atoms with Crippen molar-refractivity contribution < 1.29 is 70.6 Å². The Hall–Kier alpha value is -0.170. The molecule has 0 spiro atoms. The third-order valence-electron chi connectivity index (χ3n) is 3.23. The molecule has 0 amide bonds. The molecule has 0 aliphatic carbocycles. The first-order valence-corrected chi connectivity index (χ1v) is 8.43. The molecular weight excluding hydrogens is 490 g/mol. The normalized spacial score (nSPS) is 13.3. The van der Waals surface area contributed by atoms with Crippen LogP contribution < -0.4 is 0 Å². The summed E-state index contributed by atoms with van der Waals surface area (Å²) in [5.41, 5.74) is -6.92. The Balaban J connectivity index is -0.000000173. The summed E-state index contributed by atoms with van der Waals surface area (Å²) in [5, 5.41) is 16.5. The molecular formula is C15H27F9NNbO2-. The van der Waals surface area contributed by atoms with Gasteiger partial charge in [-0.3, -0.25) is 0 Å². The van der Waals surface area contributed by atoms with Crippen LogP contribution in [-0.4, -0.2) is 45.5 Å². The molecule has 0 saturated carbocycles. The quantitative estimate of drug-likeness (QED) is 0.277. The Labute approximate surface area is 171 Å². The zero-order valence-electron chi connectivity index (χ0n) is 16.6. The van der Waals surface area contributed by atoms with Crippen LogP contribution in [0.5, 0.6) is 0 Å². The second kappa shape index (κ2) is 11.9. The van der Waals surface area contributed by atoms with E-state index >= 15 is 0 Å². The fourth-order valence-electron chi connectivity index (χ4n) is 0.553. The van der Waals surface area contributed by atoms with Gasteiger partial charge in [0.2, 0.25) is 0 Å². The van der Waals surface area contributed by atoms with Crippen LogP contribution in [0.3, 0.4) is 0 Å². The maximum absolute atomic E-state index is 11.4. The Morgan fingerprint density at radius 2 is 0.893 bits per heavy atom. The summed E-state index contributed by atoms with van der Waals surface area (Å²) in [5.74, 6) is 0. The molecule has 3 nitrogen and oxygen atoms in total. The van der Waals surface area contributed by atoms with Gasteiger partial charge in [0, 0.05) is 0 Å². The van der Waals surface area contributed by atoms with E-state index < -0.39 is 29.7 Å². The number of alkyl halides is 9. The van der Waals surface area contributed by atoms with Crippen molar-refractivity contribution in [3.05, 3.63) is 7.43 Å². The van der Waals surface area contributed by atoms with E-state index in [-0.39, 0.29) is 13.0 Å². The average molecular weight is 517 g/mol. The number of halogens is 9. The molecule has 0 radical (unpaired) electrons. The van der Waals surface area contributed by atoms with Gasteiger partial charge in [0.25, 0.3) is 0 Å². The summed E-state index contributed by atoms with van der Waals surface area (Å²) in [6, 6.07) is 0. The zero-order valence-corrected chi connectivity index (χ0v) is 18.8. The summed E-state index contributed by atoms with van der Waals surface area (Å²) >= 11 is 1.55. The second-order valence-corrected chi connectivity index (χ2v) is 7.13. The summed E-state index contributed by atoms with van der Waals surface area (Å²) in [6.45, 7) is 12.0. The van der Waals surface area contributed by atoms with Crippen LogP contribution in [0.2, 0.25) is 0 Å². The SMILES string of the molecule is CCC(C)(C)O.CCC(C)(C)[N]=[Nb].OC(C(F)(F)F)(C(F)(F)F)C(F)(F)F.[CH3-]. The molecule has 0 aromatic carbocycles. The first-order chi connectivity index (χ1) is 11.4. The standard InChI is InChI=1S/C5H11N.C5H12O.C4HF9O.CH3.Nb/c2*1-4-5(2,3)6;5-2(6,7)1(14,3(8,9)10)4(11,12)13;;/h4H2,1-3H3;6H,4H2,1-3H3;14H;1H3;/q;;;-1;. The van der Waals surface area contributed by atoms with Gasteiger partial charge in [-0.25, -0.2) is 0 Å². The molecule has 13 heteroatoms. The number of hydrogen-bond acceptors (Lipinski definition) is 3. The minimum Gasteiger partial charge on any atom is -0.367 e. The first kappa shape index (κ1) is 35.3. The van der Waals surface area contributed by atoms with Crippen LogP contribution >= 0.6 is 0 Å². The molecule has 28 heavy (non-hydrogen) atoms. The van der Waals surface area contributed by atoms with Gasteiger partial charge in [0.05, 0.1) is 5.60 Å². The topological polar surface area (TPSA) is 52.8 Å². The van der Waals surface area contributed by atoms with Gasteiger partial charge in [-0.15, -0.1) is 0 Å². The monoisotopic (exact) mass is 517 g/mol. The van der Waals surface area contributed by atoms with Gasteiger partial charge < -0.3 is 17.6 Å². The molecule has 0 fully saturated rings. The molecule has 0 aromatic rings. The number of hydrogen-bond donors (Lipinski definition) is 2. The number of rotatable bonds is 3. The van der Waals surface area contributed by atoms with Crippen molar-refractivity contribution >= 4 is 0 Å². The third-order valence-corrected chi connectivity index (χ3v) is 4.56. The Bertz CT molecular complexity index is 403. The average Bonchev–Trinajstić information content (AvgIpc) is 2.43. The molecule has 0 atom stereocenters. The van der Waals surface area contributed by atoms with Crippen molar-refractivity contribution in [2.24, 2.45) is 3.34 Å². The van der Waals surface area contributed by atoms with Crippen molar-refractivity contribution in [1.82, 2.24) is 0 Å². The smallest absolute Gasteiger partial charge is 0.367 e. The van der Waals surface area contributed by atoms with Crippen molar-refractivity contribution in [1.29, 1.82) is 0 Å². The Morgan fingerprint density at radius 1 is 0.679 bits per heavy atom. The third kappa shape index (κ3) is 12.4. The molecule has 0 aliphatic heterocycles. The van der Waals surface area contributed by atoms with E-state index in [0.29, 0.717) is 0 Å². The summed E-state index contributed by atoms with van der Waals surface area (Å²) in [6.07, 6.45) is -18.6. The fourth-order valence-corrected chi connectivity index (χ4v) is 0.900. The van der Waals surface area contributed by atoms with Gasteiger partial charge in [-0.1, -0.05) is 6.92 Å². The summed E-state index contributed by atoms with van der Waals surface area (Å²) in [4.78, 5) is 0. The predicted molar refractivity (Wildman–Crippen MR) is 82.9 cm³/mol. The Kier molecular flexibility index (Phi) is 15.0. The molecule has 0 saturated heterocycles. The predicted octanol–water partition coefficient (Wildman–Crippen LogP) is 5.93. The van der Waals surface area contributed by atoms with Crippen LogP contribution in [0.4, 0.5) is 39.5 Å². The molecule has 0 rings (SSSR count). The van der Waals surface area contributed by atoms with Crippen LogP contribution in [-0.2, 0) is 20.9 Å². The molecule has 173 valence electrons. The van der Waals surface area contributed by atoms with Crippen molar-refractivity contribution in [3.8, 4) is 0 Å². The summed E-state index contributed by atoms with van der Waals surface area (Å²) < 4.78 is 107. The molecule has 0 aromatic heterocycles. The Morgan fingerprint density at radius 3 is 0.893 bits per heavy atom. The van der Waals surface area contributed by atoms with Gasteiger partial charge in [-0.2, -0.15) is 39.5 Å². The van der Waals surface area contributed by atoms with Crippen molar-refractivity contribution in [3.63, 3.8) is 0 Å². The minimum absolute atomic E-state index is 0. The molecule has 0 unspecified atom stereocenters. The maximum atomic E-state index is 11.4. The molecule has 0 heterocycles. The van der Waals surface area contributed by atoms with Gasteiger partial charge in [-0.05, 0) is 20.3 Å². The zero-order chi connectivity index (χ0) is 23.1. The van der Waals surface area contributed by atoms with E-state index in [9.17, 15) is 39.5 Å². The van der Waals surface area contributed by atoms with Crippen LogP contribution in [0.25, 0.3) is 0 Å². The molecule has 0 aliphatic rings. The van der Waals surface area contributed by atoms with Gasteiger partial charge in [0.1, 0.15) is 0 Å². The second-order valence-electron chi connectivity index (χ2n) is 6.64. The first-order valence-electron chi connectivity index (χ1n) is 7.44. The van der Waals surface area contributed by atoms with E-state index in [1.165, 1.54) is 0 Å². The van der Waals surface area contributed by atoms with E-state index in [1.54, 1.807) is 34.7 Å². The maximum Gasteiger partial charge on any atom is 0.435 e. The van der Waals surface area contributed by atoms with E-state index in [4.69, 9.17) is 10.2 Å². The minimum atomic E-state index is -6.87. The summed E-state index contributed by atoms with van der Waals surface area (Å²) in [7, 11) is 0. The van der Waals surface area contributed by atoms with Crippen LogP contribution in [0.15, 0.2) is 3.34 Å². The molecule has 2 N–H and O–H groups in total. The van der Waals surface area contributed by atoms with Gasteiger partial charge >= 0.3 is 81.1 Å². The van der Waals surface area contributed by atoms with Crippen LogP contribution in [0.1, 0.15) is 54.4 Å². The largest absolute Gasteiger partial charge is 0.435 e. The van der Waals surface area contributed by atoms with E-state index in [0.717, 1.165) is 12.8 Å². The molecule has 0 bridgehead atoms. The van der Waals surface area contributed by atoms with Gasteiger partial charge in [0.15, 0.2) is 0 Å². The van der Waals surface area contributed by atoms with E-state index in [2.05, 4.69) is 24.1 Å². The van der Waals surface area contributed by atoms with Crippen molar-refractivity contribution in [2.45, 2.75) is 89.7 Å². The fraction of sp³-hybridized carbons (Fsp3) is 0.933. The van der Waals surface area contributed by atoms with E-state index in [1.807, 2.05) is 6.92 Å². The van der Waals surface area contributed by atoms with Crippen LogP contribution in [0, 0.1) is 7.43 Å². The number of nitrogens with zero attached hydrogens (tertiary/aromatic N) is 1.